The molecule has 1 saturated heterocycles. The molecular weight excluding hydrogens is 202 g/mol. The quantitative estimate of drug-likeness (QED) is 0.840. The summed E-state index contributed by atoms with van der Waals surface area (Å²) < 4.78 is 11.4. The number of hydrogen-bond donors (Lipinski definition) is 1. The summed E-state index contributed by atoms with van der Waals surface area (Å²) in [6, 6.07) is 10.3. The van der Waals surface area contributed by atoms with Gasteiger partial charge >= 0.3 is 0 Å². The van der Waals surface area contributed by atoms with Crippen molar-refractivity contribution in [1.82, 2.24) is 5.32 Å². The number of morpholine rings is 1. The summed E-state index contributed by atoms with van der Waals surface area (Å²) in [4.78, 5) is 0. The summed E-state index contributed by atoms with van der Waals surface area (Å²) >= 11 is 0. The van der Waals surface area contributed by atoms with Crippen LogP contribution in [-0.2, 0) is 9.47 Å². The lowest BCUT2D eigenvalue weighted by Gasteiger charge is -2.31. The lowest BCUT2D eigenvalue weighted by Crippen LogP contribution is -2.42. The third-order valence-corrected chi connectivity index (χ3v) is 2.74. The van der Waals surface area contributed by atoms with Crippen molar-refractivity contribution < 1.29 is 9.47 Å². The Hall–Kier alpha value is -0.900. The molecule has 2 unspecified atom stereocenters. The molecule has 3 heteroatoms. The molecule has 1 aromatic carbocycles. The Morgan fingerprint density at radius 1 is 1.31 bits per heavy atom. The van der Waals surface area contributed by atoms with Crippen LogP contribution in [0.25, 0.3) is 0 Å². The molecule has 16 heavy (non-hydrogen) atoms. The van der Waals surface area contributed by atoms with E-state index in [0.717, 1.165) is 19.7 Å². The van der Waals surface area contributed by atoms with Gasteiger partial charge in [0.2, 0.25) is 0 Å². The average Bonchev–Trinajstić information content (AvgIpc) is 2.38. The van der Waals surface area contributed by atoms with Crippen LogP contribution in [0.3, 0.4) is 0 Å². The summed E-state index contributed by atoms with van der Waals surface area (Å²) in [5, 5.41) is 3.39. The standard InChI is InChI=1S/C13H19NO2/c1-2-15-10-12-8-14-9-13(16-12)11-6-4-3-5-7-11/h3-7,12-14H,2,8-10H2,1H3. The fraction of sp³-hybridized carbons (Fsp3) is 0.538. The molecule has 1 N–H and O–H groups in total. The number of ether oxygens (including phenoxy) is 2. The van der Waals surface area contributed by atoms with Gasteiger partial charge in [-0.15, -0.1) is 0 Å². The number of rotatable bonds is 4. The highest BCUT2D eigenvalue weighted by Crippen LogP contribution is 2.20. The zero-order valence-electron chi connectivity index (χ0n) is 9.69. The van der Waals surface area contributed by atoms with Gasteiger partial charge in [-0.25, -0.2) is 0 Å². The maximum Gasteiger partial charge on any atom is 0.0954 e. The molecule has 88 valence electrons. The van der Waals surface area contributed by atoms with E-state index in [0.29, 0.717) is 6.61 Å². The van der Waals surface area contributed by atoms with Gasteiger partial charge in [-0.05, 0) is 12.5 Å². The zero-order valence-corrected chi connectivity index (χ0v) is 9.69. The Morgan fingerprint density at radius 3 is 2.88 bits per heavy atom. The summed E-state index contributed by atoms with van der Waals surface area (Å²) in [7, 11) is 0. The van der Waals surface area contributed by atoms with Gasteiger partial charge in [0, 0.05) is 19.7 Å². The van der Waals surface area contributed by atoms with E-state index in [1.54, 1.807) is 0 Å². The minimum atomic E-state index is 0.153. The highest BCUT2D eigenvalue weighted by atomic mass is 16.5. The Labute approximate surface area is 96.8 Å². The van der Waals surface area contributed by atoms with Crippen molar-refractivity contribution >= 4 is 0 Å². The average molecular weight is 221 g/mol. The van der Waals surface area contributed by atoms with E-state index in [4.69, 9.17) is 9.47 Å². The topological polar surface area (TPSA) is 30.5 Å². The second kappa shape index (κ2) is 5.99. The van der Waals surface area contributed by atoms with Crippen LogP contribution in [-0.4, -0.2) is 32.4 Å². The molecule has 0 spiro atoms. The third-order valence-electron chi connectivity index (χ3n) is 2.74. The van der Waals surface area contributed by atoms with Gasteiger partial charge in [-0.3, -0.25) is 0 Å². The van der Waals surface area contributed by atoms with E-state index in [1.165, 1.54) is 5.56 Å². The van der Waals surface area contributed by atoms with Gasteiger partial charge in [0.15, 0.2) is 0 Å². The number of benzene rings is 1. The largest absolute Gasteiger partial charge is 0.379 e. The summed E-state index contributed by atoms with van der Waals surface area (Å²) in [5.41, 5.74) is 1.23. The molecule has 3 nitrogen and oxygen atoms in total. The Kier molecular flexibility index (Phi) is 4.34. The first-order valence-electron chi connectivity index (χ1n) is 5.89. The van der Waals surface area contributed by atoms with Crippen molar-refractivity contribution in [2.45, 2.75) is 19.1 Å². The summed E-state index contributed by atoms with van der Waals surface area (Å²) in [6.45, 7) is 5.18. The van der Waals surface area contributed by atoms with Crippen molar-refractivity contribution in [2.75, 3.05) is 26.3 Å². The van der Waals surface area contributed by atoms with E-state index >= 15 is 0 Å². The maximum absolute atomic E-state index is 5.99. The molecule has 0 bridgehead atoms. The third kappa shape index (κ3) is 3.04. The molecule has 1 heterocycles. The fourth-order valence-corrected chi connectivity index (χ4v) is 1.92. The number of hydrogen-bond acceptors (Lipinski definition) is 3. The molecule has 0 amide bonds. The normalized spacial score (nSPS) is 25.6. The maximum atomic E-state index is 5.99. The van der Waals surface area contributed by atoms with Crippen LogP contribution in [0.5, 0.6) is 0 Å². The van der Waals surface area contributed by atoms with Crippen molar-refractivity contribution in [1.29, 1.82) is 0 Å². The smallest absolute Gasteiger partial charge is 0.0954 e. The van der Waals surface area contributed by atoms with Gasteiger partial charge in [0.1, 0.15) is 0 Å². The fourth-order valence-electron chi connectivity index (χ4n) is 1.92. The summed E-state index contributed by atoms with van der Waals surface area (Å²) in [5.74, 6) is 0. The van der Waals surface area contributed by atoms with Crippen LogP contribution in [0.4, 0.5) is 0 Å². The first kappa shape index (κ1) is 11.6. The first-order chi connectivity index (χ1) is 7.90. The molecule has 2 atom stereocenters. The summed E-state index contributed by atoms with van der Waals surface area (Å²) in [6.07, 6.45) is 0.319. The van der Waals surface area contributed by atoms with Gasteiger partial charge < -0.3 is 14.8 Å². The second-order valence-electron chi connectivity index (χ2n) is 3.98. The Morgan fingerprint density at radius 2 is 2.12 bits per heavy atom. The van der Waals surface area contributed by atoms with Crippen molar-refractivity contribution in [2.24, 2.45) is 0 Å². The minimum Gasteiger partial charge on any atom is -0.379 e. The van der Waals surface area contributed by atoms with E-state index in [2.05, 4.69) is 17.4 Å². The minimum absolute atomic E-state index is 0.153. The predicted molar refractivity (Wildman–Crippen MR) is 63.4 cm³/mol. The highest BCUT2D eigenvalue weighted by Gasteiger charge is 2.22. The highest BCUT2D eigenvalue weighted by molar-refractivity contribution is 5.18. The first-order valence-corrected chi connectivity index (χ1v) is 5.89. The molecule has 0 radical (unpaired) electrons. The molecule has 1 aromatic rings. The van der Waals surface area contributed by atoms with Gasteiger partial charge in [0.25, 0.3) is 0 Å². The van der Waals surface area contributed by atoms with Crippen LogP contribution < -0.4 is 5.32 Å². The molecule has 1 fully saturated rings. The van der Waals surface area contributed by atoms with Crippen molar-refractivity contribution in [3.05, 3.63) is 35.9 Å². The Bertz CT molecular complexity index is 302. The van der Waals surface area contributed by atoms with Crippen LogP contribution in [0.15, 0.2) is 30.3 Å². The molecule has 0 aliphatic carbocycles. The molecule has 0 aromatic heterocycles. The SMILES string of the molecule is CCOCC1CNCC(c2ccccc2)O1. The van der Waals surface area contributed by atoms with Crippen molar-refractivity contribution in [3.63, 3.8) is 0 Å². The molecular formula is C13H19NO2. The van der Waals surface area contributed by atoms with E-state index in [1.807, 2.05) is 25.1 Å². The van der Waals surface area contributed by atoms with Gasteiger partial charge in [-0.1, -0.05) is 30.3 Å². The monoisotopic (exact) mass is 221 g/mol. The van der Waals surface area contributed by atoms with Gasteiger partial charge in [-0.2, -0.15) is 0 Å². The van der Waals surface area contributed by atoms with E-state index in [-0.39, 0.29) is 12.2 Å². The van der Waals surface area contributed by atoms with Crippen LogP contribution >= 0.6 is 0 Å². The molecule has 1 aliphatic rings. The lowest BCUT2D eigenvalue weighted by molar-refractivity contribution is -0.0758. The van der Waals surface area contributed by atoms with Crippen LogP contribution in [0.1, 0.15) is 18.6 Å². The lowest BCUT2D eigenvalue weighted by atomic mass is 10.1. The van der Waals surface area contributed by atoms with Crippen LogP contribution in [0, 0.1) is 0 Å². The molecule has 1 aliphatic heterocycles. The van der Waals surface area contributed by atoms with Crippen LogP contribution in [0.2, 0.25) is 0 Å². The van der Waals surface area contributed by atoms with E-state index < -0.39 is 0 Å². The van der Waals surface area contributed by atoms with Crippen molar-refractivity contribution in [3.8, 4) is 0 Å². The van der Waals surface area contributed by atoms with Gasteiger partial charge in [0.05, 0.1) is 18.8 Å². The van der Waals surface area contributed by atoms with E-state index in [9.17, 15) is 0 Å². The number of nitrogens with one attached hydrogen (secondary N) is 1. The zero-order chi connectivity index (χ0) is 11.2. The Balaban J connectivity index is 1.91. The molecule has 2 rings (SSSR count). The predicted octanol–water partition coefficient (Wildman–Crippen LogP) is 1.75. The second-order valence-corrected chi connectivity index (χ2v) is 3.98. The molecule has 0 saturated carbocycles.